The maximum absolute atomic E-state index is 12.3. The van der Waals surface area contributed by atoms with Crippen LogP contribution in [0, 0.1) is 0 Å². The van der Waals surface area contributed by atoms with E-state index in [1.807, 2.05) is 42.5 Å². The molecule has 142 valence electrons. The van der Waals surface area contributed by atoms with E-state index in [9.17, 15) is 4.79 Å². The molecule has 0 saturated carbocycles. The van der Waals surface area contributed by atoms with E-state index >= 15 is 0 Å². The molecular weight excluding hydrogens is 354 g/mol. The molecule has 1 N–H and O–H groups in total. The third-order valence-electron chi connectivity index (χ3n) is 4.49. The Bertz CT molecular complexity index is 943. The average molecular weight is 375 g/mol. The van der Waals surface area contributed by atoms with E-state index in [1.54, 1.807) is 18.5 Å². The molecule has 0 bridgehead atoms. The van der Waals surface area contributed by atoms with Gasteiger partial charge in [-0.1, -0.05) is 6.07 Å². The minimum absolute atomic E-state index is 0.123. The molecule has 0 unspecified atom stereocenters. The largest absolute Gasteiger partial charge is 0.486 e. The maximum atomic E-state index is 12.3. The predicted molar refractivity (Wildman–Crippen MR) is 106 cm³/mol. The van der Waals surface area contributed by atoms with Gasteiger partial charge in [0.15, 0.2) is 11.5 Å². The number of carbonyl (C=O) groups excluding carboxylic acids is 1. The highest BCUT2D eigenvalue weighted by Gasteiger charge is 2.13. The van der Waals surface area contributed by atoms with Gasteiger partial charge in [0.2, 0.25) is 0 Å². The van der Waals surface area contributed by atoms with Crippen molar-refractivity contribution in [1.29, 1.82) is 0 Å². The van der Waals surface area contributed by atoms with E-state index in [0.29, 0.717) is 25.3 Å². The Hall–Kier alpha value is -3.41. The van der Waals surface area contributed by atoms with Crippen LogP contribution in [0.2, 0.25) is 0 Å². The van der Waals surface area contributed by atoms with Crippen LogP contribution < -0.4 is 14.8 Å². The van der Waals surface area contributed by atoms with E-state index in [4.69, 9.17) is 9.47 Å². The Labute approximate surface area is 163 Å². The van der Waals surface area contributed by atoms with Gasteiger partial charge in [0.1, 0.15) is 13.2 Å². The number of rotatable bonds is 6. The number of fused-ring (bicyclic) bond motifs is 1. The number of aryl methyl sites for hydroxylation is 1. The summed E-state index contributed by atoms with van der Waals surface area (Å²) in [7, 11) is 0. The van der Waals surface area contributed by atoms with Crippen LogP contribution in [-0.2, 0) is 6.42 Å². The molecule has 6 nitrogen and oxygen atoms in total. The van der Waals surface area contributed by atoms with Crippen molar-refractivity contribution in [3.63, 3.8) is 0 Å². The summed E-state index contributed by atoms with van der Waals surface area (Å²) in [6.07, 6.45) is 5.05. The number of pyridine rings is 2. The van der Waals surface area contributed by atoms with Gasteiger partial charge in [0, 0.05) is 30.2 Å². The van der Waals surface area contributed by atoms with E-state index in [2.05, 4.69) is 15.3 Å². The Morgan fingerprint density at radius 3 is 2.68 bits per heavy atom. The van der Waals surface area contributed by atoms with Crippen LogP contribution >= 0.6 is 0 Å². The summed E-state index contributed by atoms with van der Waals surface area (Å²) in [5, 5.41) is 2.93. The van der Waals surface area contributed by atoms with Crippen LogP contribution in [0.1, 0.15) is 22.5 Å². The SMILES string of the molecule is O=C(NCCCc1ccccn1)c1ccc(-c2ccc3c(c2)OCCO3)nc1. The number of hydrogen-bond donors (Lipinski definition) is 1. The van der Waals surface area contributed by atoms with Gasteiger partial charge in [-0.25, -0.2) is 0 Å². The van der Waals surface area contributed by atoms with Crippen molar-refractivity contribution in [3.05, 3.63) is 72.2 Å². The molecule has 1 amide bonds. The highest BCUT2D eigenvalue weighted by molar-refractivity contribution is 5.94. The lowest BCUT2D eigenvalue weighted by molar-refractivity contribution is 0.0953. The zero-order valence-electron chi connectivity index (χ0n) is 15.4. The average Bonchev–Trinajstić information content (AvgIpc) is 2.77. The number of ether oxygens (including phenoxy) is 2. The summed E-state index contributed by atoms with van der Waals surface area (Å²) < 4.78 is 11.2. The molecule has 0 radical (unpaired) electrons. The topological polar surface area (TPSA) is 73.3 Å². The molecule has 28 heavy (non-hydrogen) atoms. The molecule has 0 spiro atoms. The van der Waals surface area contributed by atoms with E-state index < -0.39 is 0 Å². The van der Waals surface area contributed by atoms with Crippen LogP contribution in [-0.4, -0.2) is 35.6 Å². The molecule has 0 atom stereocenters. The third kappa shape index (κ3) is 4.28. The molecule has 3 heterocycles. The van der Waals surface area contributed by atoms with Gasteiger partial charge in [-0.2, -0.15) is 0 Å². The summed E-state index contributed by atoms with van der Waals surface area (Å²) in [6, 6.07) is 15.2. The van der Waals surface area contributed by atoms with E-state index in [0.717, 1.165) is 41.3 Å². The van der Waals surface area contributed by atoms with Gasteiger partial charge in [0.05, 0.1) is 11.3 Å². The molecule has 1 aromatic carbocycles. The number of benzene rings is 1. The maximum Gasteiger partial charge on any atom is 0.252 e. The first-order chi connectivity index (χ1) is 13.8. The number of nitrogens with zero attached hydrogens (tertiary/aromatic N) is 2. The predicted octanol–water partition coefficient (Wildman–Crippen LogP) is 3.28. The van der Waals surface area contributed by atoms with E-state index in [-0.39, 0.29) is 5.91 Å². The van der Waals surface area contributed by atoms with Gasteiger partial charge in [-0.3, -0.25) is 14.8 Å². The Balaban J connectivity index is 1.33. The zero-order chi connectivity index (χ0) is 19.2. The van der Waals surface area contributed by atoms with Crippen molar-refractivity contribution >= 4 is 5.91 Å². The highest BCUT2D eigenvalue weighted by atomic mass is 16.6. The minimum atomic E-state index is -0.123. The molecule has 3 aromatic rings. The lowest BCUT2D eigenvalue weighted by Crippen LogP contribution is -2.24. The molecule has 4 rings (SSSR count). The van der Waals surface area contributed by atoms with Gasteiger partial charge < -0.3 is 14.8 Å². The Morgan fingerprint density at radius 1 is 1.00 bits per heavy atom. The summed E-state index contributed by atoms with van der Waals surface area (Å²) in [5.41, 5.74) is 3.27. The quantitative estimate of drug-likeness (QED) is 0.670. The number of carbonyl (C=O) groups is 1. The fourth-order valence-electron chi connectivity index (χ4n) is 3.02. The summed E-state index contributed by atoms with van der Waals surface area (Å²) in [5.74, 6) is 1.35. The molecule has 1 aliphatic heterocycles. The second-order valence-electron chi connectivity index (χ2n) is 6.47. The second kappa shape index (κ2) is 8.52. The van der Waals surface area contributed by atoms with Crippen molar-refractivity contribution in [1.82, 2.24) is 15.3 Å². The molecule has 0 fully saturated rings. The number of amides is 1. The Kier molecular flexibility index (Phi) is 5.47. The lowest BCUT2D eigenvalue weighted by atomic mass is 10.1. The summed E-state index contributed by atoms with van der Waals surface area (Å²) >= 11 is 0. The van der Waals surface area contributed by atoms with Crippen LogP contribution in [0.15, 0.2) is 60.9 Å². The number of aromatic nitrogens is 2. The van der Waals surface area contributed by atoms with Crippen molar-refractivity contribution in [2.75, 3.05) is 19.8 Å². The molecular formula is C22H21N3O3. The van der Waals surface area contributed by atoms with E-state index in [1.165, 1.54) is 0 Å². The minimum Gasteiger partial charge on any atom is -0.486 e. The molecule has 6 heteroatoms. The lowest BCUT2D eigenvalue weighted by Gasteiger charge is -2.18. The highest BCUT2D eigenvalue weighted by Crippen LogP contribution is 2.33. The van der Waals surface area contributed by atoms with Crippen molar-refractivity contribution in [3.8, 4) is 22.8 Å². The van der Waals surface area contributed by atoms with Gasteiger partial charge in [-0.05, 0) is 55.3 Å². The first kappa shape index (κ1) is 18.0. The number of nitrogens with one attached hydrogen (secondary N) is 1. The summed E-state index contributed by atoms with van der Waals surface area (Å²) in [4.78, 5) is 21.0. The first-order valence-electron chi connectivity index (χ1n) is 9.34. The van der Waals surface area contributed by atoms with Crippen molar-refractivity contribution in [2.45, 2.75) is 12.8 Å². The van der Waals surface area contributed by atoms with Crippen LogP contribution in [0.25, 0.3) is 11.3 Å². The van der Waals surface area contributed by atoms with Crippen molar-refractivity contribution in [2.24, 2.45) is 0 Å². The monoisotopic (exact) mass is 375 g/mol. The fourth-order valence-corrected chi connectivity index (χ4v) is 3.02. The van der Waals surface area contributed by atoms with Crippen LogP contribution in [0.4, 0.5) is 0 Å². The van der Waals surface area contributed by atoms with Crippen molar-refractivity contribution < 1.29 is 14.3 Å². The standard InChI is InChI=1S/C22H21N3O3/c26-22(24-11-3-5-18-4-1-2-10-23-18)17-6-8-19(25-15-17)16-7-9-20-21(14-16)28-13-12-27-20/h1-2,4,6-10,14-15H,3,5,11-13H2,(H,24,26). The van der Waals surface area contributed by atoms with Gasteiger partial charge in [-0.15, -0.1) is 0 Å². The summed E-state index contributed by atoms with van der Waals surface area (Å²) in [6.45, 7) is 1.71. The van der Waals surface area contributed by atoms with Crippen LogP contribution in [0.5, 0.6) is 11.5 Å². The zero-order valence-corrected chi connectivity index (χ0v) is 15.4. The number of hydrogen-bond acceptors (Lipinski definition) is 5. The molecule has 0 aliphatic carbocycles. The molecule has 2 aromatic heterocycles. The molecule has 0 saturated heterocycles. The first-order valence-corrected chi connectivity index (χ1v) is 9.34. The fraction of sp³-hybridized carbons (Fsp3) is 0.227. The second-order valence-corrected chi connectivity index (χ2v) is 6.47. The van der Waals surface area contributed by atoms with Crippen LogP contribution in [0.3, 0.4) is 0 Å². The third-order valence-corrected chi connectivity index (χ3v) is 4.49. The van der Waals surface area contributed by atoms with Gasteiger partial charge >= 0.3 is 0 Å². The molecule has 1 aliphatic rings. The normalized spacial score (nSPS) is 12.4. The Morgan fingerprint density at radius 2 is 1.89 bits per heavy atom. The van der Waals surface area contributed by atoms with Gasteiger partial charge in [0.25, 0.3) is 5.91 Å². The smallest absolute Gasteiger partial charge is 0.252 e.